The lowest BCUT2D eigenvalue weighted by molar-refractivity contribution is -0.0504. The summed E-state index contributed by atoms with van der Waals surface area (Å²) in [6.45, 7) is 7.71. The maximum absolute atomic E-state index is 13.4. The average molecular weight is 723 g/mol. The molecule has 3 aromatic carbocycles. The van der Waals surface area contributed by atoms with Crippen LogP contribution >= 0.6 is 0 Å². The van der Waals surface area contributed by atoms with Crippen molar-refractivity contribution in [2.24, 2.45) is 0 Å². The van der Waals surface area contributed by atoms with Crippen LogP contribution in [0.5, 0.6) is 11.5 Å². The van der Waals surface area contributed by atoms with Crippen molar-refractivity contribution in [1.82, 2.24) is 0 Å². The quantitative estimate of drug-likeness (QED) is 0.130. The van der Waals surface area contributed by atoms with Gasteiger partial charge in [-0.25, -0.2) is 9.59 Å². The van der Waals surface area contributed by atoms with Crippen molar-refractivity contribution in [3.05, 3.63) is 93.5 Å². The minimum absolute atomic E-state index is 0.0158. The second-order valence-corrected chi connectivity index (χ2v) is 15.4. The number of carbonyl (C=O) groups is 2. The molecule has 0 amide bonds. The second kappa shape index (κ2) is 10.6. The molecule has 5 rings (SSSR count). The zero-order valence-electron chi connectivity index (χ0n) is 25.4. The molecular weight excluding hydrogens is 698 g/mol. The van der Waals surface area contributed by atoms with E-state index in [9.17, 15) is 52.8 Å². The van der Waals surface area contributed by atoms with E-state index in [2.05, 4.69) is 8.37 Å². The molecule has 1 aliphatic heterocycles. The van der Waals surface area contributed by atoms with E-state index in [4.69, 9.17) is 9.47 Å². The van der Waals surface area contributed by atoms with Crippen molar-refractivity contribution >= 4 is 32.2 Å². The molecule has 258 valence electrons. The van der Waals surface area contributed by atoms with E-state index in [1.54, 1.807) is 20.8 Å². The first kappa shape index (κ1) is 35.0. The van der Waals surface area contributed by atoms with Crippen molar-refractivity contribution in [1.29, 1.82) is 0 Å². The minimum Gasteiger partial charge on any atom is -0.456 e. The molecule has 0 unspecified atom stereocenters. The average Bonchev–Trinajstić information content (AvgIpc) is 3.21. The van der Waals surface area contributed by atoms with E-state index in [1.165, 1.54) is 32.0 Å². The van der Waals surface area contributed by atoms with Gasteiger partial charge in [0.15, 0.2) is 5.60 Å². The molecule has 0 atom stereocenters. The molecule has 0 fully saturated rings. The Bertz CT molecular complexity index is 2000. The van der Waals surface area contributed by atoms with Crippen LogP contribution in [-0.2, 0) is 40.7 Å². The van der Waals surface area contributed by atoms with Gasteiger partial charge < -0.3 is 17.8 Å². The van der Waals surface area contributed by atoms with Crippen LogP contribution in [0.3, 0.4) is 0 Å². The molecule has 1 spiro atoms. The number of ether oxygens (including phenoxy) is 2. The third-order valence-electron chi connectivity index (χ3n) is 7.57. The smallest absolute Gasteiger partial charge is 0.456 e. The van der Waals surface area contributed by atoms with Crippen LogP contribution in [0.4, 0.5) is 26.3 Å². The highest BCUT2D eigenvalue weighted by atomic mass is 32.2. The summed E-state index contributed by atoms with van der Waals surface area (Å²) >= 11 is 0. The molecule has 18 heteroatoms. The largest absolute Gasteiger partial charge is 0.534 e. The maximum Gasteiger partial charge on any atom is 0.534 e. The number of alkyl halides is 6. The third kappa shape index (κ3) is 5.63. The van der Waals surface area contributed by atoms with Gasteiger partial charge in [0.05, 0.1) is 11.1 Å². The summed E-state index contributed by atoms with van der Waals surface area (Å²) < 4.78 is 146. The highest BCUT2D eigenvalue weighted by Crippen LogP contribution is 2.58. The summed E-state index contributed by atoms with van der Waals surface area (Å²) in [5.41, 5.74) is -16.2. The van der Waals surface area contributed by atoms with Crippen molar-refractivity contribution in [3.8, 4) is 11.5 Å². The molecule has 48 heavy (non-hydrogen) atoms. The fourth-order valence-corrected chi connectivity index (χ4v) is 6.47. The number of carbonyl (C=O) groups excluding carboxylic acids is 2. The number of esters is 2. The highest BCUT2D eigenvalue weighted by molar-refractivity contribution is 7.88. The Morgan fingerprint density at radius 2 is 1.15 bits per heavy atom. The standard InChI is InChI=1S/C30H24F6O10S2/c1-26(2,3)43-24(37)15-6-9-18-21(12-15)28(44-25(18)38)19-10-7-16(45-47(39,40)29(31,32)33)13-22(19)27(4,5)23-14-17(8-11-20(23)28)46-48(41,42)30(34,35)36/h6-14H,1-5H3. The number of rotatable bonds is 5. The monoisotopic (exact) mass is 722 g/mol. The first-order chi connectivity index (χ1) is 21.7. The van der Waals surface area contributed by atoms with Crippen molar-refractivity contribution in [3.63, 3.8) is 0 Å². The van der Waals surface area contributed by atoms with Crippen LogP contribution in [0.25, 0.3) is 0 Å². The lowest BCUT2D eigenvalue weighted by Crippen LogP contribution is -2.41. The molecule has 0 bridgehead atoms. The Balaban J connectivity index is 1.81. The van der Waals surface area contributed by atoms with Gasteiger partial charge in [-0.15, -0.1) is 0 Å². The Kier molecular flexibility index (Phi) is 7.72. The Labute approximate surface area is 269 Å². The summed E-state index contributed by atoms with van der Waals surface area (Å²) in [7, 11) is -12.3. The van der Waals surface area contributed by atoms with Gasteiger partial charge in [0.2, 0.25) is 0 Å². The molecule has 0 N–H and O–H groups in total. The summed E-state index contributed by atoms with van der Waals surface area (Å²) in [6.07, 6.45) is 0. The molecule has 0 aromatic heterocycles. The first-order valence-electron chi connectivity index (χ1n) is 13.6. The molecular formula is C30H24F6O10S2. The van der Waals surface area contributed by atoms with Gasteiger partial charge >= 0.3 is 43.2 Å². The zero-order chi connectivity index (χ0) is 36.0. The molecule has 3 aromatic rings. The van der Waals surface area contributed by atoms with Gasteiger partial charge in [-0.3, -0.25) is 0 Å². The zero-order valence-corrected chi connectivity index (χ0v) is 27.0. The van der Waals surface area contributed by atoms with Gasteiger partial charge in [0.1, 0.15) is 17.1 Å². The van der Waals surface area contributed by atoms with E-state index in [0.717, 1.165) is 36.4 Å². The number of benzene rings is 3. The SMILES string of the molecule is CC(C)(C)OC(=O)c1ccc2c(c1)C1(OC2=O)c2ccc(OS(=O)(=O)C(F)(F)F)cc2C(C)(C)c2cc(OS(=O)(=O)C(F)(F)F)ccc21. The lowest BCUT2D eigenvalue weighted by Gasteiger charge is -2.44. The molecule has 0 saturated carbocycles. The molecule has 2 aliphatic rings. The van der Waals surface area contributed by atoms with E-state index in [1.807, 2.05) is 0 Å². The van der Waals surface area contributed by atoms with Gasteiger partial charge in [0, 0.05) is 22.1 Å². The summed E-state index contributed by atoms with van der Waals surface area (Å²) in [5, 5.41) is 0. The normalized spacial score (nSPS) is 16.8. The molecule has 0 saturated heterocycles. The van der Waals surface area contributed by atoms with Crippen LogP contribution in [0.2, 0.25) is 0 Å². The maximum atomic E-state index is 13.4. The van der Waals surface area contributed by atoms with Gasteiger partial charge in [-0.05, 0) is 74.4 Å². The summed E-state index contributed by atoms with van der Waals surface area (Å²) in [5.74, 6) is -3.38. The van der Waals surface area contributed by atoms with Crippen molar-refractivity contribution in [2.75, 3.05) is 0 Å². The first-order valence-corrected chi connectivity index (χ1v) is 16.5. The number of hydrogen-bond acceptors (Lipinski definition) is 10. The minimum atomic E-state index is -6.16. The van der Waals surface area contributed by atoms with Crippen LogP contribution in [-0.4, -0.2) is 45.4 Å². The third-order valence-corrected chi connectivity index (χ3v) is 9.52. The number of halogens is 6. The second-order valence-electron chi connectivity index (χ2n) is 12.3. The molecule has 1 aliphatic carbocycles. The van der Waals surface area contributed by atoms with Gasteiger partial charge in [0.25, 0.3) is 0 Å². The van der Waals surface area contributed by atoms with Crippen LogP contribution in [0, 0.1) is 0 Å². The van der Waals surface area contributed by atoms with Crippen LogP contribution < -0.4 is 8.37 Å². The van der Waals surface area contributed by atoms with Crippen LogP contribution in [0.15, 0.2) is 54.6 Å². The van der Waals surface area contributed by atoms with Gasteiger partial charge in [-0.2, -0.15) is 43.2 Å². The van der Waals surface area contributed by atoms with E-state index in [-0.39, 0.29) is 38.9 Å². The highest BCUT2D eigenvalue weighted by Gasteiger charge is 2.57. The Morgan fingerprint density at radius 1 is 0.688 bits per heavy atom. The van der Waals surface area contributed by atoms with Gasteiger partial charge in [-0.1, -0.05) is 26.0 Å². The number of fused-ring (bicyclic) bond motifs is 6. The molecule has 0 radical (unpaired) electrons. The predicted molar refractivity (Wildman–Crippen MR) is 153 cm³/mol. The summed E-state index contributed by atoms with van der Waals surface area (Å²) in [6, 6.07) is 9.69. The fourth-order valence-electron chi connectivity index (χ4n) is 5.56. The van der Waals surface area contributed by atoms with E-state index < -0.39 is 71.3 Å². The van der Waals surface area contributed by atoms with E-state index in [0.29, 0.717) is 0 Å². The predicted octanol–water partition coefficient (Wildman–Crippen LogP) is 6.20. The summed E-state index contributed by atoms with van der Waals surface area (Å²) in [4.78, 5) is 26.4. The lowest BCUT2D eigenvalue weighted by atomic mass is 9.61. The van der Waals surface area contributed by atoms with Crippen LogP contribution in [0.1, 0.15) is 83.2 Å². The molecule has 1 heterocycles. The fraction of sp³-hybridized carbons (Fsp3) is 0.333. The van der Waals surface area contributed by atoms with Crippen molar-refractivity contribution < 1.29 is 70.6 Å². The molecule has 10 nitrogen and oxygen atoms in total. The van der Waals surface area contributed by atoms with Crippen molar-refractivity contribution in [2.45, 2.75) is 62.3 Å². The number of hydrogen-bond donors (Lipinski definition) is 0. The van der Waals surface area contributed by atoms with E-state index >= 15 is 0 Å². The Morgan fingerprint density at radius 3 is 1.56 bits per heavy atom. The Hall–Kier alpha value is -4.32. The topological polar surface area (TPSA) is 139 Å².